The molecule has 0 aliphatic heterocycles. The van der Waals surface area contributed by atoms with E-state index in [4.69, 9.17) is 30.5 Å². The first kappa shape index (κ1) is 20.4. The van der Waals surface area contributed by atoms with Gasteiger partial charge in [-0.1, -0.05) is 11.6 Å². The van der Waals surface area contributed by atoms with E-state index >= 15 is 0 Å². The number of amides is 1. The third-order valence-corrected chi connectivity index (χ3v) is 3.74. The van der Waals surface area contributed by atoms with E-state index in [1.54, 1.807) is 42.5 Å². The summed E-state index contributed by atoms with van der Waals surface area (Å²) in [5.74, 6) is 0.281. The molecule has 1 N–H and O–H groups in total. The van der Waals surface area contributed by atoms with E-state index in [0.717, 1.165) is 0 Å². The molecular weight excluding hydrogens is 374 g/mol. The lowest BCUT2D eigenvalue weighted by Crippen LogP contribution is -2.29. The number of ether oxygens (including phenoxy) is 4. The Morgan fingerprint density at radius 1 is 1.04 bits per heavy atom. The first-order valence-corrected chi connectivity index (χ1v) is 8.41. The predicted molar refractivity (Wildman–Crippen MR) is 101 cm³/mol. The van der Waals surface area contributed by atoms with Crippen LogP contribution in [0.4, 0.5) is 5.69 Å². The van der Waals surface area contributed by atoms with Crippen LogP contribution in [0.3, 0.4) is 0 Å². The molecule has 0 fully saturated rings. The van der Waals surface area contributed by atoms with Crippen LogP contribution >= 0.6 is 11.6 Å². The molecule has 8 heteroatoms. The van der Waals surface area contributed by atoms with Crippen molar-refractivity contribution in [3.05, 3.63) is 47.5 Å². The molecule has 2 aromatic carbocycles. The van der Waals surface area contributed by atoms with Crippen molar-refractivity contribution in [2.75, 3.05) is 26.1 Å². The fraction of sp³-hybridized carbons (Fsp3) is 0.263. The SMILES string of the molecule is COc1ccc(OC)c(NC(=O)COC(=O)[C@H](C)Oc2ccc(Cl)cc2)c1. The van der Waals surface area contributed by atoms with Gasteiger partial charge in [0.15, 0.2) is 12.7 Å². The molecule has 0 unspecified atom stereocenters. The second-order valence-corrected chi connectivity index (χ2v) is 5.87. The summed E-state index contributed by atoms with van der Waals surface area (Å²) in [6.45, 7) is 1.06. The van der Waals surface area contributed by atoms with Crippen LogP contribution in [0.2, 0.25) is 5.02 Å². The number of esters is 1. The Bertz CT molecular complexity index is 793. The fourth-order valence-corrected chi connectivity index (χ4v) is 2.24. The molecule has 144 valence electrons. The van der Waals surface area contributed by atoms with Crippen LogP contribution in [0.1, 0.15) is 6.92 Å². The van der Waals surface area contributed by atoms with E-state index in [1.807, 2.05) is 0 Å². The number of halogens is 1. The van der Waals surface area contributed by atoms with E-state index < -0.39 is 24.6 Å². The number of carbonyl (C=O) groups excluding carboxylic acids is 2. The standard InChI is InChI=1S/C19H20ClNO6/c1-12(27-14-6-4-13(20)5-7-14)19(23)26-11-18(22)21-16-10-15(24-2)8-9-17(16)25-3/h4-10,12H,11H2,1-3H3,(H,21,22)/t12-/m0/s1. The van der Waals surface area contributed by atoms with Crippen molar-refractivity contribution in [1.82, 2.24) is 0 Å². The topological polar surface area (TPSA) is 83.1 Å². The second kappa shape index (κ2) is 9.68. The molecule has 0 aliphatic carbocycles. The molecule has 0 spiro atoms. The summed E-state index contributed by atoms with van der Waals surface area (Å²) in [6.07, 6.45) is -0.884. The average molecular weight is 394 g/mol. The molecule has 1 amide bonds. The molecule has 0 aliphatic rings. The van der Waals surface area contributed by atoms with Crippen LogP contribution in [0.5, 0.6) is 17.2 Å². The largest absolute Gasteiger partial charge is 0.497 e. The van der Waals surface area contributed by atoms with Crippen LogP contribution in [0.15, 0.2) is 42.5 Å². The number of hydrogen-bond donors (Lipinski definition) is 1. The highest BCUT2D eigenvalue weighted by Crippen LogP contribution is 2.28. The summed E-state index contributed by atoms with van der Waals surface area (Å²) in [4.78, 5) is 24.1. The Hall–Kier alpha value is -2.93. The van der Waals surface area contributed by atoms with E-state index in [-0.39, 0.29) is 0 Å². The number of anilines is 1. The molecule has 0 bridgehead atoms. The minimum Gasteiger partial charge on any atom is -0.497 e. The van der Waals surface area contributed by atoms with E-state index in [1.165, 1.54) is 21.1 Å². The Kier molecular flexibility index (Phi) is 7.31. The van der Waals surface area contributed by atoms with Crippen LogP contribution < -0.4 is 19.5 Å². The summed E-state index contributed by atoms with van der Waals surface area (Å²) in [5.41, 5.74) is 0.406. The summed E-state index contributed by atoms with van der Waals surface area (Å²) in [5, 5.41) is 3.17. The van der Waals surface area contributed by atoms with Crippen molar-refractivity contribution in [3.8, 4) is 17.2 Å². The first-order chi connectivity index (χ1) is 12.9. The number of hydrogen-bond acceptors (Lipinski definition) is 6. The van der Waals surface area contributed by atoms with Crippen LogP contribution in [-0.2, 0) is 14.3 Å². The van der Waals surface area contributed by atoms with Crippen molar-refractivity contribution in [3.63, 3.8) is 0 Å². The first-order valence-electron chi connectivity index (χ1n) is 8.03. The zero-order valence-corrected chi connectivity index (χ0v) is 15.9. The lowest BCUT2D eigenvalue weighted by atomic mass is 10.2. The van der Waals surface area contributed by atoms with Crippen molar-refractivity contribution in [1.29, 1.82) is 0 Å². The van der Waals surface area contributed by atoms with Crippen molar-refractivity contribution in [2.24, 2.45) is 0 Å². The normalized spacial score (nSPS) is 11.3. The van der Waals surface area contributed by atoms with Gasteiger partial charge in [-0.15, -0.1) is 0 Å². The third kappa shape index (κ3) is 6.07. The van der Waals surface area contributed by atoms with Gasteiger partial charge in [0.25, 0.3) is 5.91 Å². The third-order valence-electron chi connectivity index (χ3n) is 3.48. The summed E-state index contributed by atoms with van der Waals surface area (Å²) < 4.78 is 20.7. The molecule has 0 saturated heterocycles. The van der Waals surface area contributed by atoms with E-state index in [0.29, 0.717) is 28.0 Å². The maximum absolute atomic E-state index is 12.1. The average Bonchev–Trinajstić information content (AvgIpc) is 2.67. The van der Waals surface area contributed by atoms with Gasteiger partial charge in [-0.05, 0) is 43.3 Å². The molecule has 2 aromatic rings. The highest BCUT2D eigenvalue weighted by molar-refractivity contribution is 6.30. The maximum atomic E-state index is 12.1. The minimum absolute atomic E-state index is 0.406. The highest BCUT2D eigenvalue weighted by atomic mass is 35.5. The smallest absolute Gasteiger partial charge is 0.347 e. The highest BCUT2D eigenvalue weighted by Gasteiger charge is 2.18. The number of methoxy groups -OCH3 is 2. The molecule has 0 heterocycles. The van der Waals surface area contributed by atoms with Gasteiger partial charge < -0.3 is 24.3 Å². The summed E-state index contributed by atoms with van der Waals surface area (Å²) in [6, 6.07) is 11.5. The quantitative estimate of drug-likeness (QED) is 0.693. The van der Waals surface area contributed by atoms with Gasteiger partial charge in [0.1, 0.15) is 17.2 Å². The Labute approximate surface area is 162 Å². The maximum Gasteiger partial charge on any atom is 0.347 e. The van der Waals surface area contributed by atoms with E-state index in [9.17, 15) is 9.59 Å². The lowest BCUT2D eigenvalue weighted by Gasteiger charge is -2.15. The van der Waals surface area contributed by atoms with Gasteiger partial charge in [0.05, 0.1) is 19.9 Å². The number of rotatable bonds is 8. The molecule has 2 rings (SSSR count). The summed E-state index contributed by atoms with van der Waals surface area (Å²) in [7, 11) is 2.99. The van der Waals surface area contributed by atoms with Crippen LogP contribution in [0.25, 0.3) is 0 Å². The fourth-order valence-electron chi connectivity index (χ4n) is 2.12. The van der Waals surface area contributed by atoms with Crippen molar-refractivity contribution in [2.45, 2.75) is 13.0 Å². The molecule has 27 heavy (non-hydrogen) atoms. The lowest BCUT2D eigenvalue weighted by molar-refractivity contribution is -0.153. The number of nitrogens with one attached hydrogen (secondary N) is 1. The van der Waals surface area contributed by atoms with E-state index in [2.05, 4.69) is 5.32 Å². The predicted octanol–water partition coefficient (Wildman–Crippen LogP) is 3.31. The number of carbonyl (C=O) groups is 2. The van der Waals surface area contributed by atoms with Gasteiger partial charge in [-0.2, -0.15) is 0 Å². The van der Waals surface area contributed by atoms with Gasteiger partial charge in [0.2, 0.25) is 0 Å². The molecule has 0 saturated carbocycles. The molecule has 1 atom stereocenters. The Morgan fingerprint density at radius 3 is 2.33 bits per heavy atom. The Morgan fingerprint density at radius 2 is 1.70 bits per heavy atom. The second-order valence-electron chi connectivity index (χ2n) is 5.44. The van der Waals surface area contributed by atoms with Gasteiger partial charge in [0, 0.05) is 11.1 Å². The molecule has 0 aromatic heterocycles. The Balaban J connectivity index is 1.87. The van der Waals surface area contributed by atoms with Crippen molar-refractivity contribution < 1.29 is 28.5 Å². The monoisotopic (exact) mass is 393 g/mol. The molecule has 0 radical (unpaired) electrons. The summed E-state index contributed by atoms with van der Waals surface area (Å²) >= 11 is 5.79. The number of benzene rings is 2. The zero-order valence-electron chi connectivity index (χ0n) is 15.2. The van der Waals surface area contributed by atoms with Crippen LogP contribution in [0, 0.1) is 0 Å². The minimum atomic E-state index is -0.884. The molecular formula is C19H20ClNO6. The van der Waals surface area contributed by atoms with Crippen molar-refractivity contribution >= 4 is 29.2 Å². The van der Waals surface area contributed by atoms with Crippen LogP contribution in [-0.4, -0.2) is 38.8 Å². The van der Waals surface area contributed by atoms with Gasteiger partial charge in [-0.25, -0.2) is 4.79 Å². The zero-order chi connectivity index (χ0) is 19.8. The van der Waals surface area contributed by atoms with Gasteiger partial charge in [-0.3, -0.25) is 4.79 Å². The molecule has 7 nitrogen and oxygen atoms in total. The van der Waals surface area contributed by atoms with Gasteiger partial charge >= 0.3 is 5.97 Å².